The molecule has 1 aromatic carbocycles. The quantitative estimate of drug-likeness (QED) is 0.850. The third-order valence-electron chi connectivity index (χ3n) is 4.39. The fraction of sp³-hybridized carbons (Fsp3) is 0.556. The molecule has 1 aliphatic rings. The van der Waals surface area contributed by atoms with Crippen molar-refractivity contribution in [2.45, 2.75) is 31.8 Å². The zero-order chi connectivity index (χ0) is 18.4. The van der Waals surface area contributed by atoms with Gasteiger partial charge in [0, 0.05) is 25.7 Å². The first kappa shape index (κ1) is 19.2. The molecular formula is C18H27FN4O2. The van der Waals surface area contributed by atoms with Crippen LogP contribution in [-0.4, -0.2) is 61.5 Å². The Morgan fingerprint density at radius 2 is 2.00 bits per heavy atom. The minimum absolute atomic E-state index is 0.0224. The van der Waals surface area contributed by atoms with Gasteiger partial charge in [0.15, 0.2) is 0 Å². The molecule has 1 heterocycles. The number of nitrogens with one attached hydrogen (secondary N) is 2. The lowest BCUT2D eigenvalue weighted by molar-refractivity contribution is -0.126. The zero-order valence-electron chi connectivity index (χ0n) is 15.1. The smallest absolute Gasteiger partial charge is 0.317 e. The van der Waals surface area contributed by atoms with E-state index >= 15 is 0 Å². The first-order valence-electron chi connectivity index (χ1n) is 8.67. The molecule has 25 heavy (non-hydrogen) atoms. The van der Waals surface area contributed by atoms with E-state index in [0.29, 0.717) is 38.0 Å². The molecule has 0 saturated carbocycles. The van der Waals surface area contributed by atoms with Crippen LogP contribution in [0, 0.1) is 5.82 Å². The Labute approximate surface area is 148 Å². The standard InChI is InChI=1S/C18H27FN4O2/c1-4-20-18(25)23-10-8-15(9-11-23)21-17(24)16(22(2)3)13-6-5-7-14(19)12-13/h5-7,12,15-16H,4,8-11H2,1-3H3,(H,20,25)(H,21,24). The van der Waals surface area contributed by atoms with Crippen molar-refractivity contribution >= 4 is 11.9 Å². The summed E-state index contributed by atoms with van der Waals surface area (Å²) in [4.78, 5) is 28.1. The molecule has 3 amide bonds. The van der Waals surface area contributed by atoms with Crippen LogP contribution in [0.15, 0.2) is 24.3 Å². The average molecular weight is 350 g/mol. The Bertz CT molecular complexity index is 600. The molecule has 0 aliphatic carbocycles. The Balaban J connectivity index is 1.95. The maximum absolute atomic E-state index is 13.5. The predicted octanol–water partition coefficient (Wildman–Crippen LogP) is 1.74. The number of benzene rings is 1. The van der Waals surface area contributed by atoms with Crippen LogP contribution in [0.3, 0.4) is 0 Å². The Kier molecular flexibility index (Phi) is 6.75. The molecule has 1 atom stereocenters. The summed E-state index contributed by atoms with van der Waals surface area (Å²) >= 11 is 0. The van der Waals surface area contributed by atoms with Gasteiger partial charge in [-0.05, 0) is 51.6 Å². The Hall–Kier alpha value is -2.15. The second-order valence-electron chi connectivity index (χ2n) is 6.53. The predicted molar refractivity (Wildman–Crippen MR) is 94.6 cm³/mol. The molecule has 138 valence electrons. The SMILES string of the molecule is CCNC(=O)N1CCC(NC(=O)C(c2cccc(F)c2)N(C)C)CC1. The summed E-state index contributed by atoms with van der Waals surface area (Å²) in [5.41, 5.74) is 0.627. The number of hydrogen-bond donors (Lipinski definition) is 2. The third-order valence-corrected chi connectivity index (χ3v) is 4.39. The molecule has 2 N–H and O–H groups in total. The first-order chi connectivity index (χ1) is 11.9. The van der Waals surface area contributed by atoms with Crippen LogP contribution in [0.4, 0.5) is 9.18 Å². The van der Waals surface area contributed by atoms with Crippen molar-refractivity contribution < 1.29 is 14.0 Å². The van der Waals surface area contributed by atoms with E-state index in [0.717, 1.165) is 0 Å². The van der Waals surface area contributed by atoms with Crippen LogP contribution >= 0.6 is 0 Å². The normalized spacial score (nSPS) is 16.6. The van der Waals surface area contributed by atoms with Gasteiger partial charge in [-0.1, -0.05) is 12.1 Å². The van der Waals surface area contributed by atoms with Crippen molar-refractivity contribution in [1.29, 1.82) is 0 Å². The molecule has 7 heteroatoms. The fourth-order valence-electron chi connectivity index (χ4n) is 3.13. The number of rotatable bonds is 5. The Morgan fingerprint density at radius 3 is 2.56 bits per heavy atom. The second-order valence-corrected chi connectivity index (χ2v) is 6.53. The molecule has 0 bridgehead atoms. The average Bonchev–Trinajstić information content (AvgIpc) is 2.55. The number of piperidine rings is 1. The van der Waals surface area contributed by atoms with E-state index in [4.69, 9.17) is 0 Å². The third kappa shape index (κ3) is 5.16. The van der Waals surface area contributed by atoms with Crippen LogP contribution in [0.1, 0.15) is 31.4 Å². The number of amides is 3. The summed E-state index contributed by atoms with van der Waals surface area (Å²) in [6, 6.07) is 5.54. The van der Waals surface area contributed by atoms with E-state index in [2.05, 4.69) is 10.6 Å². The molecule has 0 radical (unpaired) electrons. The number of urea groups is 1. The van der Waals surface area contributed by atoms with E-state index in [1.165, 1.54) is 12.1 Å². The maximum Gasteiger partial charge on any atom is 0.317 e. The number of carbonyl (C=O) groups excluding carboxylic acids is 2. The van der Waals surface area contributed by atoms with Crippen molar-refractivity contribution in [1.82, 2.24) is 20.4 Å². The summed E-state index contributed by atoms with van der Waals surface area (Å²) in [6.45, 7) is 3.72. The van der Waals surface area contributed by atoms with Gasteiger partial charge < -0.3 is 15.5 Å². The molecule has 1 aromatic rings. The van der Waals surface area contributed by atoms with Gasteiger partial charge in [-0.3, -0.25) is 9.69 Å². The lowest BCUT2D eigenvalue weighted by atomic mass is 10.0. The maximum atomic E-state index is 13.5. The highest BCUT2D eigenvalue weighted by Crippen LogP contribution is 2.20. The molecule has 0 aromatic heterocycles. The summed E-state index contributed by atoms with van der Waals surface area (Å²) in [5, 5.41) is 5.84. The van der Waals surface area contributed by atoms with E-state index in [1.54, 1.807) is 36.0 Å². The molecule has 2 rings (SSSR count). The highest BCUT2D eigenvalue weighted by atomic mass is 19.1. The van der Waals surface area contributed by atoms with Gasteiger partial charge in [0.05, 0.1) is 0 Å². The van der Waals surface area contributed by atoms with Crippen LogP contribution in [0.5, 0.6) is 0 Å². The van der Waals surface area contributed by atoms with Gasteiger partial charge in [-0.2, -0.15) is 0 Å². The minimum Gasteiger partial charge on any atom is -0.352 e. The highest BCUT2D eigenvalue weighted by Gasteiger charge is 2.28. The number of hydrogen-bond acceptors (Lipinski definition) is 3. The lowest BCUT2D eigenvalue weighted by Crippen LogP contribution is -2.50. The number of likely N-dealkylation sites (tertiary alicyclic amines) is 1. The van der Waals surface area contributed by atoms with Crippen LogP contribution in [-0.2, 0) is 4.79 Å². The second kappa shape index (κ2) is 8.80. The van der Waals surface area contributed by atoms with Gasteiger partial charge in [0.1, 0.15) is 11.9 Å². The molecule has 1 aliphatic heterocycles. The van der Waals surface area contributed by atoms with E-state index in [1.807, 2.05) is 6.92 Å². The topological polar surface area (TPSA) is 64.7 Å². The molecular weight excluding hydrogens is 323 g/mol. The Morgan fingerprint density at radius 1 is 1.32 bits per heavy atom. The summed E-state index contributed by atoms with van der Waals surface area (Å²) in [6.07, 6.45) is 1.43. The van der Waals surface area contributed by atoms with E-state index < -0.39 is 6.04 Å². The number of halogens is 1. The van der Waals surface area contributed by atoms with Gasteiger partial charge in [-0.25, -0.2) is 9.18 Å². The largest absolute Gasteiger partial charge is 0.352 e. The monoisotopic (exact) mass is 350 g/mol. The van der Waals surface area contributed by atoms with Gasteiger partial charge in [0.2, 0.25) is 5.91 Å². The van der Waals surface area contributed by atoms with Crippen LogP contribution in [0.25, 0.3) is 0 Å². The minimum atomic E-state index is -0.544. The van der Waals surface area contributed by atoms with Crippen molar-refractivity contribution in [3.05, 3.63) is 35.6 Å². The zero-order valence-corrected chi connectivity index (χ0v) is 15.1. The van der Waals surface area contributed by atoms with Crippen LogP contribution < -0.4 is 10.6 Å². The molecule has 0 spiro atoms. The van der Waals surface area contributed by atoms with E-state index in [9.17, 15) is 14.0 Å². The molecule has 1 fully saturated rings. The summed E-state index contributed by atoms with van der Waals surface area (Å²) in [7, 11) is 3.60. The fourth-order valence-corrected chi connectivity index (χ4v) is 3.13. The van der Waals surface area contributed by atoms with Gasteiger partial charge >= 0.3 is 6.03 Å². The summed E-state index contributed by atoms with van der Waals surface area (Å²) in [5.74, 6) is -0.501. The van der Waals surface area contributed by atoms with Crippen LogP contribution in [0.2, 0.25) is 0 Å². The number of likely N-dealkylation sites (N-methyl/N-ethyl adjacent to an activating group) is 1. The molecule has 6 nitrogen and oxygen atoms in total. The van der Waals surface area contributed by atoms with Gasteiger partial charge in [0.25, 0.3) is 0 Å². The van der Waals surface area contributed by atoms with Crippen molar-refractivity contribution in [2.75, 3.05) is 33.7 Å². The summed E-state index contributed by atoms with van der Waals surface area (Å²) < 4.78 is 13.5. The molecule has 1 saturated heterocycles. The number of carbonyl (C=O) groups is 2. The van der Waals surface area contributed by atoms with Crippen molar-refractivity contribution in [2.24, 2.45) is 0 Å². The van der Waals surface area contributed by atoms with E-state index in [-0.39, 0.29) is 23.8 Å². The lowest BCUT2D eigenvalue weighted by Gasteiger charge is -2.34. The van der Waals surface area contributed by atoms with Crippen molar-refractivity contribution in [3.63, 3.8) is 0 Å². The first-order valence-corrected chi connectivity index (χ1v) is 8.67. The van der Waals surface area contributed by atoms with Crippen molar-refractivity contribution in [3.8, 4) is 0 Å². The number of nitrogens with zero attached hydrogens (tertiary/aromatic N) is 2. The molecule has 1 unspecified atom stereocenters. The highest BCUT2D eigenvalue weighted by molar-refractivity contribution is 5.83. The van der Waals surface area contributed by atoms with Gasteiger partial charge in [-0.15, -0.1) is 0 Å².